The van der Waals surface area contributed by atoms with E-state index in [1.54, 1.807) is 23.1 Å². The number of aliphatic carboxylic acids is 3. The molecule has 1 unspecified atom stereocenters. The molecule has 0 saturated carbocycles. The largest absolute Gasteiger partial charge is 0.496 e. The average Bonchev–Trinajstić information content (AvgIpc) is 2.83. The molecule has 0 heterocycles. The Kier molecular flexibility index (Phi) is 9.89. The maximum absolute atomic E-state index is 14.4. The van der Waals surface area contributed by atoms with Gasteiger partial charge in [0, 0.05) is 18.0 Å². The zero-order valence-corrected chi connectivity index (χ0v) is 20.8. The van der Waals surface area contributed by atoms with Crippen molar-refractivity contribution in [2.45, 2.75) is 32.4 Å². The van der Waals surface area contributed by atoms with Crippen molar-refractivity contribution in [3.05, 3.63) is 75.1 Å². The molecule has 0 aliphatic heterocycles. The summed E-state index contributed by atoms with van der Waals surface area (Å²) >= 11 is 5.88. The number of nitrogens with zero attached hydrogens (tertiary/aromatic N) is 1. The minimum atomic E-state index is -1.82. The van der Waals surface area contributed by atoms with E-state index in [4.69, 9.17) is 36.1 Å². The Morgan fingerprint density at radius 3 is 2.22 bits per heavy atom. The molecule has 1 aliphatic carbocycles. The van der Waals surface area contributed by atoms with Gasteiger partial charge in [0.05, 0.1) is 24.9 Å². The average molecular weight is 538 g/mol. The summed E-state index contributed by atoms with van der Waals surface area (Å²) in [6, 6.07) is 7.06. The molecule has 4 N–H and O–H groups in total. The van der Waals surface area contributed by atoms with E-state index in [9.17, 15) is 24.2 Å². The van der Waals surface area contributed by atoms with E-state index >= 15 is 0 Å². The van der Waals surface area contributed by atoms with Crippen LogP contribution in [0.15, 0.2) is 42.0 Å². The second kappa shape index (κ2) is 12.4. The lowest BCUT2D eigenvalue weighted by molar-refractivity contribution is -0.159. The van der Waals surface area contributed by atoms with Crippen molar-refractivity contribution in [3.63, 3.8) is 0 Å². The van der Waals surface area contributed by atoms with Crippen LogP contribution in [0.25, 0.3) is 0 Å². The molecule has 0 amide bonds. The van der Waals surface area contributed by atoms with Crippen LogP contribution in [-0.4, -0.2) is 68.9 Å². The van der Waals surface area contributed by atoms with Crippen LogP contribution >= 0.6 is 11.6 Å². The molecule has 198 valence electrons. The summed E-state index contributed by atoms with van der Waals surface area (Å²) in [5.41, 5.74) is 1.16. The molecule has 3 rings (SSSR count). The van der Waals surface area contributed by atoms with Crippen molar-refractivity contribution in [3.8, 4) is 5.75 Å². The van der Waals surface area contributed by atoms with Gasteiger partial charge >= 0.3 is 17.9 Å². The molecular formula is C25H25ClFNO9. The number of fused-ring (bicyclic) bond motifs is 1. The third-order valence-corrected chi connectivity index (χ3v) is 5.89. The molecule has 0 bridgehead atoms. The standard InChI is InChI=1S/C23H23ClFNO5.C2H2O4/c1-12(2)26(11-27)19-9-17(23(29)30)22(28)16-8-14(20(31-3)10-15(16)19)7-13-5-4-6-18(24)21(13)25;3-1(4)2(5)6/h4-6,8-10,12,19,27H,7,11H2,1-3H3,(H,29,30);(H,3,4)(H,5,6). The lowest BCUT2D eigenvalue weighted by Gasteiger charge is -2.35. The highest BCUT2D eigenvalue weighted by Gasteiger charge is 2.35. The molecule has 12 heteroatoms. The Hall–Kier alpha value is -3.80. The summed E-state index contributed by atoms with van der Waals surface area (Å²) in [5.74, 6) is -5.78. The molecule has 10 nitrogen and oxygen atoms in total. The number of hydrogen-bond donors (Lipinski definition) is 4. The van der Waals surface area contributed by atoms with Crippen molar-refractivity contribution < 1.29 is 48.7 Å². The first-order valence-electron chi connectivity index (χ1n) is 10.8. The predicted octanol–water partition coefficient (Wildman–Crippen LogP) is 3.14. The highest BCUT2D eigenvalue weighted by Crippen LogP contribution is 2.38. The number of aliphatic hydroxyl groups excluding tert-OH is 1. The Balaban J connectivity index is 0.000000717. The maximum Gasteiger partial charge on any atom is 0.414 e. The lowest BCUT2D eigenvalue weighted by atomic mass is 9.84. The molecule has 0 saturated heterocycles. The molecule has 2 aromatic carbocycles. The van der Waals surface area contributed by atoms with Gasteiger partial charge < -0.3 is 25.2 Å². The van der Waals surface area contributed by atoms with E-state index < -0.39 is 35.6 Å². The van der Waals surface area contributed by atoms with Gasteiger partial charge in [0.15, 0.2) is 5.78 Å². The third-order valence-electron chi connectivity index (χ3n) is 5.59. The Morgan fingerprint density at radius 1 is 1.11 bits per heavy atom. The zero-order valence-electron chi connectivity index (χ0n) is 20.1. The van der Waals surface area contributed by atoms with Gasteiger partial charge in [0.25, 0.3) is 0 Å². The van der Waals surface area contributed by atoms with Crippen LogP contribution in [0.2, 0.25) is 5.02 Å². The fraction of sp³-hybridized carbons (Fsp3) is 0.280. The number of Topliss-reactive ketones (excluding diaryl/α,β-unsaturated/α-hetero) is 1. The molecule has 1 aliphatic rings. The van der Waals surface area contributed by atoms with Gasteiger partial charge in [0.2, 0.25) is 0 Å². The van der Waals surface area contributed by atoms with Gasteiger partial charge in [-0.3, -0.25) is 9.69 Å². The molecule has 0 aromatic heterocycles. The SMILES string of the molecule is COc1cc2c(cc1Cc1cccc(Cl)c1F)C(=O)C(C(=O)O)=CC2N(CO)C(C)C.O=C(O)C(=O)O. The topological polar surface area (TPSA) is 162 Å². The fourth-order valence-electron chi connectivity index (χ4n) is 3.78. The highest BCUT2D eigenvalue weighted by atomic mass is 35.5. The summed E-state index contributed by atoms with van der Waals surface area (Å²) in [5, 5.41) is 34.2. The summed E-state index contributed by atoms with van der Waals surface area (Å²) in [4.78, 5) is 44.5. The first kappa shape index (κ1) is 29.4. The number of carboxylic acids is 3. The molecule has 0 fully saturated rings. The van der Waals surface area contributed by atoms with Gasteiger partial charge in [-0.05, 0) is 54.8 Å². The minimum Gasteiger partial charge on any atom is -0.496 e. The normalized spacial score (nSPS) is 14.4. The van der Waals surface area contributed by atoms with Crippen LogP contribution in [0.3, 0.4) is 0 Å². The van der Waals surface area contributed by atoms with E-state index in [1.165, 1.54) is 25.3 Å². The second-order valence-corrected chi connectivity index (χ2v) is 8.57. The van der Waals surface area contributed by atoms with Crippen LogP contribution < -0.4 is 4.74 Å². The number of carboxylic acid groups (broad SMARTS) is 3. The van der Waals surface area contributed by atoms with E-state index in [0.29, 0.717) is 22.4 Å². The van der Waals surface area contributed by atoms with Crippen molar-refractivity contribution in [2.24, 2.45) is 0 Å². The highest BCUT2D eigenvalue weighted by molar-refractivity contribution is 6.30. The molecular weight excluding hydrogens is 513 g/mol. The Morgan fingerprint density at radius 2 is 1.73 bits per heavy atom. The van der Waals surface area contributed by atoms with Crippen molar-refractivity contribution in [1.29, 1.82) is 0 Å². The van der Waals surface area contributed by atoms with Crippen LogP contribution in [0.4, 0.5) is 4.39 Å². The summed E-state index contributed by atoms with van der Waals surface area (Å²) in [6.45, 7) is 3.37. The number of halogens is 2. The monoisotopic (exact) mass is 537 g/mol. The first-order chi connectivity index (χ1) is 17.3. The lowest BCUT2D eigenvalue weighted by Crippen LogP contribution is -2.38. The van der Waals surface area contributed by atoms with E-state index in [0.717, 1.165) is 0 Å². The van der Waals surface area contributed by atoms with E-state index in [-0.39, 0.29) is 35.4 Å². The number of carbonyl (C=O) groups excluding carboxylic acids is 1. The number of methoxy groups -OCH3 is 1. The van der Waals surface area contributed by atoms with Crippen molar-refractivity contribution in [1.82, 2.24) is 4.90 Å². The van der Waals surface area contributed by atoms with Gasteiger partial charge in [0.1, 0.15) is 17.1 Å². The molecule has 1 atom stereocenters. The molecule has 0 radical (unpaired) electrons. The molecule has 37 heavy (non-hydrogen) atoms. The number of ketones is 1. The Labute approximate surface area is 216 Å². The fourth-order valence-corrected chi connectivity index (χ4v) is 3.98. The van der Waals surface area contributed by atoms with Crippen LogP contribution in [0.1, 0.15) is 46.9 Å². The van der Waals surface area contributed by atoms with Crippen LogP contribution in [0.5, 0.6) is 5.75 Å². The number of ether oxygens (including phenoxy) is 1. The van der Waals surface area contributed by atoms with Crippen LogP contribution in [0, 0.1) is 5.82 Å². The summed E-state index contributed by atoms with van der Waals surface area (Å²) < 4.78 is 19.9. The van der Waals surface area contributed by atoms with Gasteiger partial charge in [-0.15, -0.1) is 0 Å². The van der Waals surface area contributed by atoms with Crippen LogP contribution in [-0.2, 0) is 20.8 Å². The number of benzene rings is 2. The number of aliphatic hydroxyl groups is 1. The molecule has 0 spiro atoms. The second-order valence-electron chi connectivity index (χ2n) is 8.16. The zero-order chi connectivity index (χ0) is 28.0. The van der Waals surface area contributed by atoms with Gasteiger partial charge in [-0.25, -0.2) is 18.8 Å². The van der Waals surface area contributed by atoms with Gasteiger partial charge in [-0.1, -0.05) is 23.7 Å². The summed E-state index contributed by atoms with van der Waals surface area (Å²) in [6.07, 6.45) is 1.44. The minimum absolute atomic E-state index is 0.0165. The quantitative estimate of drug-likeness (QED) is 0.234. The van der Waals surface area contributed by atoms with Crippen molar-refractivity contribution >= 4 is 35.3 Å². The molecule has 2 aromatic rings. The third kappa shape index (κ3) is 6.70. The first-order valence-corrected chi connectivity index (χ1v) is 11.2. The summed E-state index contributed by atoms with van der Waals surface area (Å²) in [7, 11) is 1.46. The maximum atomic E-state index is 14.4. The number of rotatable bonds is 7. The van der Waals surface area contributed by atoms with E-state index in [1.807, 2.05) is 13.8 Å². The van der Waals surface area contributed by atoms with Gasteiger partial charge in [-0.2, -0.15) is 0 Å². The van der Waals surface area contributed by atoms with Crippen molar-refractivity contribution in [2.75, 3.05) is 13.8 Å². The Bertz CT molecular complexity index is 1250. The smallest absolute Gasteiger partial charge is 0.414 e. The number of hydrogen-bond acceptors (Lipinski definition) is 7. The van der Waals surface area contributed by atoms with E-state index in [2.05, 4.69) is 0 Å². The number of carbonyl (C=O) groups is 4. The predicted molar refractivity (Wildman–Crippen MR) is 129 cm³/mol.